The van der Waals surface area contributed by atoms with Crippen molar-refractivity contribution in [2.75, 3.05) is 36.8 Å². The minimum absolute atomic E-state index is 0.0219. The monoisotopic (exact) mass is 631 g/mol. The summed E-state index contributed by atoms with van der Waals surface area (Å²) in [7, 11) is 0. The van der Waals surface area contributed by atoms with Gasteiger partial charge in [0.25, 0.3) is 0 Å². The molecule has 1 fully saturated rings. The van der Waals surface area contributed by atoms with Crippen LogP contribution >= 0.6 is 23.2 Å². The molecule has 1 unspecified atom stereocenters. The molecule has 2 aromatic carbocycles. The molecule has 1 saturated heterocycles. The lowest BCUT2D eigenvalue weighted by atomic mass is 9.93. The average molecular weight is 633 g/mol. The molecule has 0 bridgehead atoms. The number of nitriles is 1. The summed E-state index contributed by atoms with van der Waals surface area (Å²) >= 11 is 12.6. The summed E-state index contributed by atoms with van der Waals surface area (Å²) in [6.07, 6.45) is 1.78. The molecule has 0 saturated carbocycles. The van der Waals surface area contributed by atoms with E-state index in [9.17, 15) is 24.0 Å². The number of rotatable bonds is 6. The molecule has 2 atom stereocenters. The Morgan fingerprint density at radius 3 is 2.58 bits per heavy atom. The smallest absolute Gasteiger partial charge is 0.410 e. The van der Waals surface area contributed by atoms with Gasteiger partial charge in [-0.1, -0.05) is 23.2 Å². The number of halogens is 3. The summed E-state index contributed by atoms with van der Waals surface area (Å²) in [5, 5.41) is 16.1. The number of nitrogens with one attached hydrogen (secondary N) is 2. The molecule has 2 heterocycles. The van der Waals surface area contributed by atoms with Crippen molar-refractivity contribution in [2.45, 2.75) is 65.0 Å². The van der Waals surface area contributed by atoms with Crippen molar-refractivity contribution in [3.8, 4) is 6.07 Å². The minimum atomic E-state index is -0.725. The van der Waals surface area contributed by atoms with Gasteiger partial charge in [0.1, 0.15) is 17.5 Å². The van der Waals surface area contributed by atoms with Crippen LogP contribution in [0.3, 0.4) is 0 Å². The number of hydrogen-bond donors (Lipinski definition) is 2. The predicted molar refractivity (Wildman–Crippen MR) is 164 cm³/mol. The van der Waals surface area contributed by atoms with Crippen LogP contribution in [0, 0.1) is 23.1 Å². The fraction of sp³-hybridized carbons (Fsp3) is 0.484. The highest BCUT2D eigenvalue weighted by Crippen LogP contribution is 2.37. The van der Waals surface area contributed by atoms with Crippen molar-refractivity contribution in [1.82, 2.24) is 9.80 Å². The van der Waals surface area contributed by atoms with Crippen molar-refractivity contribution in [3.63, 3.8) is 0 Å². The lowest BCUT2D eigenvalue weighted by Gasteiger charge is -2.36. The van der Waals surface area contributed by atoms with Crippen LogP contribution in [-0.2, 0) is 20.7 Å². The van der Waals surface area contributed by atoms with E-state index < -0.39 is 17.5 Å². The highest BCUT2D eigenvalue weighted by Gasteiger charge is 2.31. The molecular weight excluding hydrogens is 596 g/mol. The van der Waals surface area contributed by atoms with E-state index in [1.165, 1.54) is 6.07 Å². The number of ether oxygens (including phenoxy) is 1. The number of carbonyl (C=O) groups excluding carboxylic acids is 3. The molecule has 0 radical (unpaired) electrons. The number of carbonyl (C=O) groups is 3. The normalized spacial score (nSPS) is 18.4. The molecule has 2 aromatic rings. The second kappa shape index (κ2) is 13.4. The van der Waals surface area contributed by atoms with Crippen molar-refractivity contribution < 1.29 is 23.5 Å². The Morgan fingerprint density at radius 1 is 1.14 bits per heavy atom. The van der Waals surface area contributed by atoms with Gasteiger partial charge in [-0.3, -0.25) is 9.59 Å². The molecule has 230 valence electrons. The van der Waals surface area contributed by atoms with Gasteiger partial charge in [0.15, 0.2) is 0 Å². The second-order valence-corrected chi connectivity index (χ2v) is 12.8. The Kier molecular flexibility index (Phi) is 10.1. The number of hydrogen-bond acceptors (Lipinski definition) is 6. The molecule has 3 amide bonds. The predicted octanol–water partition coefficient (Wildman–Crippen LogP) is 6.54. The number of piperidine rings is 1. The fourth-order valence-corrected chi connectivity index (χ4v) is 6.30. The van der Waals surface area contributed by atoms with Crippen LogP contribution in [0.25, 0.3) is 0 Å². The summed E-state index contributed by atoms with van der Waals surface area (Å²) in [5.41, 5.74) is 1.28. The largest absolute Gasteiger partial charge is 0.444 e. The van der Waals surface area contributed by atoms with Gasteiger partial charge in [0.2, 0.25) is 11.8 Å². The SMILES string of the molecule is CC1c2c(Cl)cc(Cl)cc2CCN1C(=O)CNc1cc(NC(=O)C[C@H]2CCCN(C(=O)OC(C)(C)C)C2)c(C#N)cc1F. The average Bonchev–Trinajstić information content (AvgIpc) is 2.91. The third-order valence-electron chi connectivity index (χ3n) is 7.58. The molecule has 4 rings (SSSR count). The van der Waals surface area contributed by atoms with E-state index >= 15 is 0 Å². The molecule has 12 heteroatoms. The zero-order valence-corrected chi connectivity index (χ0v) is 26.2. The van der Waals surface area contributed by atoms with Gasteiger partial charge in [-0.25, -0.2) is 9.18 Å². The van der Waals surface area contributed by atoms with Crippen molar-refractivity contribution in [1.29, 1.82) is 5.26 Å². The molecule has 2 N–H and O–H groups in total. The van der Waals surface area contributed by atoms with Gasteiger partial charge < -0.3 is 25.2 Å². The molecule has 2 aliphatic heterocycles. The highest BCUT2D eigenvalue weighted by molar-refractivity contribution is 6.35. The molecule has 0 aliphatic carbocycles. The van der Waals surface area contributed by atoms with Gasteiger partial charge in [-0.2, -0.15) is 5.26 Å². The zero-order valence-electron chi connectivity index (χ0n) is 24.7. The lowest BCUT2D eigenvalue weighted by Crippen LogP contribution is -2.43. The summed E-state index contributed by atoms with van der Waals surface area (Å²) in [6.45, 7) is 8.46. The van der Waals surface area contributed by atoms with E-state index in [4.69, 9.17) is 27.9 Å². The summed E-state index contributed by atoms with van der Waals surface area (Å²) in [4.78, 5) is 41.9. The maximum absolute atomic E-state index is 14.9. The van der Waals surface area contributed by atoms with Crippen LogP contribution < -0.4 is 10.6 Å². The standard InChI is InChI=1S/C31H36Cl2FN5O4/c1-18-29-20(11-22(32)13-23(29)33)7-9-39(18)28(41)16-36-26-14-25(21(15-35)12-24(26)34)37-27(40)10-19-6-5-8-38(17-19)30(42)43-31(2,3)4/h11-14,18-19,36H,5-10,16-17H2,1-4H3,(H,37,40)/t18?,19-/m1/s1. The highest BCUT2D eigenvalue weighted by atomic mass is 35.5. The van der Waals surface area contributed by atoms with Crippen LogP contribution in [0.4, 0.5) is 20.6 Å². The van der Waals surface area contributed by atoms with Crippen molar-refractivity contribution >= 4 is 52.5 Å². The Balaban J connectivity index is 1.39. The van der Waals surface area contributed by atoms with Gasteiger partial charge in [0.05, 0.1) is 29.5 Å². The van der Waals surface area contributed by atoms with Gasteiger partial charge in [-0.15, -0.1) is 0 Å². The van der Waals surface area contributed by atoms with E-state index in [1.54, 1.807) is 36.6 Å². The number of nitrogens with zero attached hydrogens (tertiary/aromatic N) is 3. The van der Waals surface area contributed by atoms with Crippen molar-refractivity contribution in [2.24, 2.45) is 5.92 Å². The third-order valence-corrected chi connectivity index (χ3v) is 8.12. The fourth-order valence-electron chi connectivity index (χ4n) is 5.61. The summed E-state index contributed by atoms with van der Waals surface area (Å²) in [6, 6.07) is 7.46. The number of amides is 3. The van der Waals surface area contributed by atoms with E-state index in [1.807, 2.05) is 19.1 Å². The van der Waals surface area contributed by atoms with E-state index in [-0.39, 0.29) is 53.7 Å². The van der Waals surface area contributed by atoms with Crippen LogP contribution in [0.2, 0.25) is 10.0 Å². The summed E-state index contributed by atoms with van der Waals surface area (Å²) in [5.74, 6) is -1.44. The molecule has 9 nitrogen and oxygen atoms in total. The first-order valence-corrected chi connectivity index (χ1v) is 15.0. The Labute approximate surface area is 261 Å². The van der Waals surface area contributed by atoms with Gasteiger partial charge >= 0.3 is 6.09 Å². The maximum Gasteiger partial charge on any atom is 0.410 e. The molecule has 0 aromatic heterocycles. The number of anilines is 2. The Bertz CT molecular complexity index is 1460. The van der Waals surface area contributed by atoms with Crippen LogP contribution in [-0.4, -0.2) is 59.5 Å². The quantitative estimate of drug-likeness (QED) is 0.374. The van der Waals surface area contributed by atoms with Crippen molar-refractivity contribution in [3.05, 3.63) is 56.8 Å². The third kappa shape index (κ3) is 8.09. The van der Waals surface area contributed by atoms with Gasteiger partial charge in [0, 0.05) is 36.1 Å². The van der Waals surface area contributed by atoms with Crippen LogP contribution in [0.5, 0.6) is 0 Å². The Morgan fingerprint density at radius 2 is 1.88 bits per heavy atom. The molecule has 43 heavy (non-hydrogen) atoms. The lowest BCUT2D eigenvalue weighted by molar-refractivity contribution is -0.131. The van der Waals surface area contributed by atoms with E-state index in [2.05, 4.69) is 10.6 Å². The number of fused-ring (bicyclic) bond motifs is 1. The second-order valence-electron chi connectivity index (χ2n) is 12.0. The zero-order chi connectivity index (χ0) is 31.5. The first-order valence-electron chi connectivity index (χ1n) is 14.3. The summed E-state index contributed by atoms with van der Waals surface area (Å²) < 4.78 is 20.4. The first-order chi connectivity index (χ1) is 20.3. The molecular formula is C31H36Cl2FN5O4. The first kappa shape index (κ1) is 32.4. The van der Waals surface area contributed by atoms with Crippen LogP contribution in [0.15, 0.2) is 24.3 Å². The maximum atomic E-state index is 14.9. The molecule has 2 aliphatic rings. The van der Waals surface area contributed by atoms with E-state index in [0.29, 0.717) is 36.1 Å². The van der Waals surface area contributed by atoms with E-state index in [0.717, 1.165) is 30.0 Å². The molecule has 0 spiro atoms. The topological polar surface area (TPSA) is 115 Å². The Hall–Kier alpha value is -3.55. The van der Waals surface area contributed by atoms with Crippen LogP contribution in [0.1, 0.15) is 69.7 Å². The minimum Gasteiger partial charge on any atom is -0.444 e. The van der Waals surface area contributed by atoms with Gasteiger partial charge in [-0.05, 0) is 88.3 Å². The number of benzene rings is 2. The number of likely N-dealkylation sites (tertiary alicyclic amines) is 1.